The summed E-state index contributed by atoms with van der Waals surface area (Å²) in [7, 11) is 0. The Morgan fingerprint density at radius 3 is 2.76 bits per heavy atom. The Balaban J connectivity index is 1.69. The number of carbonyl (C=O) groups is 1. The summed E-state index contributed by atoms with van der Waals surface area (Å²) in [4.78, 5) is 14.6. The van der Waals surface area contributed by atoms with E-state index in [1.54, 1.807) is 0 Å². The highest BCUT2D eigenvalue weighted by atomic mass is 16.1. The van der Waals surface area contributed by atoms with Gasteiger partial charge in [0.1, 0.15) is 0 Å². The predicted octanol–water partition coefficient (Wildman–Crippen LogP) is 0.947. The van der Waals surface area contributed by atoms with Gasteiger partial charge in [0, 0.05) is 44.2 Å². The van der Waals surface area contributed by atoms with Crippen LogP contribution in [0.2, 0.25) is 0 Å². The van der Waals surface area contributed by atoms with E-state index in [0.29, 0.717) is 5.78 Å². The highest BCUT2D eigenvalue weighted by Crippen LogP contribution is 2.27. The number of hydrogen-bond donors (Lipinski definition) is 1. The molecule has 0 amide bonds. The Morgan fingerprint density at radius 2 is 2.00 bits per heavy atom. The number of ketones is 1. The standard InChI is InChI=1S/C14H18N2O/c17-14-12(10-16-7-5-15-6-8-16)9-11-3-1-2-4-13(11)14/h1-4,12,15H,5-10H2. The molecule has 90 valence electrons. The molecule has 0 spiro atoms. The Kier molecular flexibility index (Phi) is 2.95. The van der Waals surface area contributed by atoms with Gasteiger partial charge in [-0.25, -0.2) is 0 Å². The molecule has 1 atom stereocenters. The van der Waals surface area contributed by atoms with Gasteiger partial charge in [0.2, 0.25) is 0 Å². The fraction of sp³-hybridized carbons (Fsp3) is 0.500. The van der Waals surface area contributed by atoms with Crippen LogP contribution in [-0.2, 0) is 6.42 Å². The minimum absolute atomic E-state index is 0.186. The van der Waals surface area contributed by atoms with E-state index in [1.807, 2.05) is 18.2 Å². The molecular formula is C14H18N2O. The zero-order chi connectivity index (χ0) is 11.7. The topological polar surface area (TPSA) is 32.3 Å². The fourth-order valence-electron chi connectivity index (χ4n) is 2.87. The van der Waals surface area contributed by atoms with Crippen molar-refractivity contribution in [2.75, 3.05) is 32.7 Å². The number of benzene rings is 1. The van der Waals surface area contributed by atoms with Gasteiger partial charge in [0.05, 0.1) is 0 Å². The van der Waals surface area contributed by atoms with E-state index in [1.165, 1.54) is 5.56 Å². The van der Waals surface area contributed by atoms with Gasteiger partial charge in [0.25, 0.3) is 0 Å². The molecule has 2 aliphatic rings. The summed E-state index contributed by atoms with van der Waals surface area (Å²) in [6.07, 6.45) is 0.929. The van der Waals surface area contributed by atoms with Gasteiger partial charge in [-0.15, -0.1) is 0 Å². The molecule has 3 rings (SSSR count). The normalized spacial score (nSPS) is 24.9. The minimum Gasteiger partial charge on any atom is -0.314 e. The van der Waals surface area contributed by atoms with E-state index in [-0.39, 0.29) is 5.92 Å². The van der Waals surface area contributed by atoms with Crippen LogP contribution in [0.3, 0.4) is 0 Å². The SMILES string of the molecule is O=C1c2ccccc2CC1CN1CCNCC1. The molecule has 0 radical (unpaired) electrons. The summed E-state index contributed by atoms with van der Waals surface area (Å²) in [5, 5.41) is 3.34. The first kappa shape index (κ1) is 10.9. The first-order chi connectivity index (χ1) is 8.34. The quantitative estimate of drug-likeness (QED) is 0.821. The van der Waals surface area contributed by atoms with Crippen molar-refractivity contribution in [3.8, 4) is 0 Å². The van der Waals surface area contributed by atoms with Crippen LogP contribution < -0.4 is 5.32 Å². The van der Waals surface area contributed by atoms with Gasteiger partial charge in [-0.2, -0.15) is 0 Å². The molecule has 1 aromatic rings. The van der Waals surface area contributed by atoms with Crippen LogP contribution in [-0.4, -0.2) is 43.4 Å². The highest BCUT2D eigenvalue weighted by molar-refractivity contribution is 6.02. The number of nitrogens with zero attached hydrogens (tertiary/aromatic N) is 1. The molecule has 1 aromatic carbocycles. The van der Waals surface area contributed by atoms with Crippen LogP contribution in [0.5, 0.6) is 0 Å². The van der Waals surface area contributed by atoms with E-state index in [0.717, 1.165) is 44.7 Å². The van der Waals surface area contributed by atoms with Crippen molar-refractivity contribution in [1.82, 2.24) is 10.2 Å². The Morgan fingerprint density at radius 1 is 1.24 bits per heavy atom. The lowest BCUT2D eigenvalue weighted by atomic mass is 10.0. The van der Waals surface area contributed by atoms with Crippen molar-refractivity contribution in [3.05, 3.63) is 35.4 Å². The smallest absolute Gasteiger partial charge is 0.167 e. The molecule has 0 bridgehead atoms. The Hall–Kier alpha value is -1.19. The van der Waals surface area contributed by atoms with Crippen molar-refractivity contribution in [3.63, 3.8) is 0 Å². The van der Waals surface area contributed by atoms with Gasteiger partial charge in [-0.3, -0.25) is 4.79 Å². The molecule has 1 heterocycles. The summed E-state index contributed by atoms with van der Waals surface area (Å²) in [6, 6.07) is 8.05. The van der Waals surface area contributed by atoms with Gasteiger partial charge >= 0.3 is 0 Å². The second-order valence-electron chi connectivity index (χ2n) is 4.97. The molecule has 0 saturated carbocycles. The van der Waals surface area contributed by atoms with Crippen LogP contribution in [0, 0.1) is 5.92 Å². The van der Waals surface area contributed by atoms with Crippen LogP contribution in [0.4, 0.5) is 0 Å². The summed E-state index contributed by atoms with van der Waals surface area (Å²) >= 11 is 0. The third kappa shape index (κ3) is 2.13. The molecular weight excluding hydrogens is 212 g/mol. The van der Waals surface area contributed by atoms with E-state index in [4.69, 9.17) is 0 Å². The maximum absolute atomic E-state index is 12.2. The summed E-state index contributed by atoms with van der Waals surface area (Å²) in [6.45, 7) is 5.16. The third-order valence-corrected chi connectivity index (χ3v) is 3.81. The number of fused-ring (bicyclic) bond motifs is 1. The number of hydrogen-bond acceptors (Lipinski definition) is 3. The molecule has 3 heteroatoms. The van der Waals surface area contributed by atoms with E-state index >= 15 is 0 Å². The maximum atomic E-state index is 12.2. The molecule has 1 unspecified atom stereocenters. The first-order valence-corrected chi connectivity index (χ1v) is 6.40. The minimum atomic E-state index is 0.186. The monoisotopic (exact) mass is 230 g/mol. The zero-order valence-corrected chi connectivity index (χ0v) is 9.98. The largest absolute Gasteiger partial charge is 0.314 e. The molecule has 1 aliphatic heterocycles. The molecule has 17 heavy (non-hydrogen) atoms. The van der Waals surface area contributed by atoms with Crippen LogP contribution >= 0.6 is 0 Å². The molecule has 1 aliphatic carbocycles. The van der Waals surface area contributed by atoms with Gasteiger partial charge in [-0.05, 0) is 12.0 Å². The lowest BCUT2D eigenvalue weighted by Crippen LogP contribution is -2.46. The van der Waals surface area contributed by atoms with Crippen molar-refractivity contribution in [1.29, 1.82) is 0 Å². The number of rotatable bonds is 2. The van der Waals surface area contributed by atoms with Crippen molar-refractivity contribution in [2.24, 2.45) is 5.92 Å². The number of piperazine rings is 1. The number of Topliss-reactive ketones (excluding diaryl/α,β-unsaturated/α-hetero) is 1. The van der Waals surface area contributed by atoms with Crippen molar-refractivity contribution in [2.45, 2.75) is 6.42 Å². The molecule has 1 fully saturated rings. The lowest BCUT2D eigenvalue weighted by molar-refractivity contribution is 0.0893. The first-order valence-electron chi connectivity index (χ1n) is 6.40. The Bertz CT molecular complexity index is 424. The van der Waals surface area contributed by atoms with E-state index in [9.17, 15) is 4.79 Å². The van der Waals surface area contributed by atoms with Crippen LogP contribution in [0.25, 0.3) is 0 Å². The van der Waals surface area contributed by atoms with Gasteiger partial charge in [-0.1, -0.05) is 24.3 Å². The molecule has 1 N–H and O–H groups in total. The molecule has 3 nitrogen and oxygen atoms in total. The zero-order valence-electron chi connectivity index (χ0n) is 9.98. The Labute approximate surface area is 102 Å². The van der Waals surface area contributed by atoms with E-state index in [2.05, 4.69) is 16.3 Å². The van der Waals surface area contributed by atoms with Crippen LogP contribution in [0.15, 0.2) is 24.3 Å². The lowest BCUT2D eigenvalue weighted by Gasteiger charge is -2.28. The highest BCUT2D eigenvalue weighted by Gasteiger charge is 2.31. The van der Waals surface area contributed by atoms with Gasteiger partial charge < -0.3 is 10.2 Å². The number of carbonyl (C=O) groups excluding carboxylic acids is 1. The molecule has 1 saturated heterocycles. The van der Waals surface area contributed by atoms with Gasteiger partial charge in [0.15, 0.2) is 5.78 Å². The summed E-state index contributed by atoms with van der Waals surface area (Å²) in [5.74, 6) is 0.532. The van der Waals surface area contributed by atoms with E-state index < -0.39 is 0 Å². The third-order valence-electron chi connectivity index (χ3n) is 3.81. The van der Waals surface area contributed by atoms with Crippen LogP contribution in [0.1, 0.15) is 15.9 Å². The molecule has 0 aromatic heterocycles. The maximum Gasteiger partial charge on any atom is 0.167 e. The predicted molar refractivity (Wildman–Crippen MR) is 67.3 cm³/mol. The average Bonchev–Trinajstić information content (AvgIpc) is 2.68. The second kappa shape index (κ2) is 4.59. The average molecular weight is 230 g/mol. The van der Waals surface area contributed by atoms with Crippen molar-refractivity contribution < 1.29 is 4.79 Å². The summed E-state index contributed by atoms with van der Waals surface area (Å²) < 4.78 is 0. The fourth-order valence-corrected chi connectivity index (χ4v) is 2.87. The second-order valence-corrected chi connectivity index (χ2v) is 4.97. The summed E-state index contributed by atoms with van der Waals surface area (Å²) in [5.41, 5.74) is 2.19. The van der Waals surface area contributed by atoms with Crippen molar-refractivity contribution >= 4 is 5.78 Å². The number of nitrogens with one attached hydrogen (secondary N) is 1.